The van der Waals surface area contributed by atoms with Crippen molar-refractivity contribution in [3.63, 3.8) is 0 Å². The molecule has 2 aliphatic heterocycles. The van der Waals surface area contributed by atoms with Crippen LogP contribution in [0.4, 0.5) is 14.6 Å². The van der Waals surface area contributed by atoms with Gasteiger partial charge < -0.3 is 14.4 Å². The molecule has 2 saturated carbocycles. The Bertz CT molecular complexity index is 997. The zero-order valence-corrected chi connectivity index (χ0v) is 18.4. The number of anilines is 1. The van der Waals surface area contributed by atoms with Crippen LogP contribution in [0.2, 0.25) is 0 Å². The molecule has 1 aromatic carbocycles. The van der Waals surface area contributed by atoms with E-state index in [9.17, 15) is 8.78 Å². The van der Waals surface area contributed by atoms with Crippen molar-refractivity contribution in [2.24, 2.45) is 17.3 Å². The van der Waals surface area contributed by atoms with Crippen molar-refractivity contribution in [1.29, 1.82) is 0 Å². The van der Waals surface area contributed by atoms with Crippen LogP contribution in [0.5, 0.6) is 6.01 Å². The number of hydrogen-bond acceptors (Lipinski definition) is 6. The maximum Gasteiger partial charge on any atom is 0.319 e. The molecular weight excluding hydrogens is 414 g/mol. The van der Waals surface area contributed by atoms with Gasteiger partial charge in [-0.2, -0.15) is 9.97 Å². The smallest absolute Gasteiger partial charge is 0.319 e. The average molecular weight is 445 g/mol. The lowest BCUT2D eigenvalue weighted by Gasteiger charge is -2.33. The zero-order chi connectivity index (χ0) is 21.7. The highest BCUT2D eigenvalue weighted by Gasteiger charge is 2.45. The number of ether oxygens (including phenoxy) is 2. The maximum atomic E-state index is 14.7. The molecule has 2 unspecified atom stereocenters. The molecule has 4 fully saturated rings. The van der Waals surface area contributed by atoms with Crippen molar-refractivity contribution >= 4 is 16.7 Å². The average Bonchev–Trinajstić information content (AvgIpc) is 3.47. The molecule has 2 bridgehead atoms. The predicted octanol–water partition coefficient (Wildman–Crippen LogP) is 3.64. The number of morpholine rings is 1. The maximum absolute atomic E-state index is 14.7. The van der Waals surface area contributed by atoms with Crippen LogP contribution in [0.1, 0.15) is 32.1 Å². The van der Waals surface area contributed by atoms with Gasteiger partial charge in [-0.1, -0.05) is 0 Å². The van der Waals surface area contributed by atoms with Crippen LogP contribution in [0.15, 0.2) is 12.1 Å². The summed E-state index contributed by atoms with van der Waals surface area (Å²) in [6, 6.07) is 2.45. The summed E-state index contributed by atoms with van der Waals surface area (Å²) in [5.41, 5.74) is 0.254. The van der Waals surface area contributed by atoms with E-state index in [1.165, 1.54) is 25.3 Å². The third kappa shape index (κ3) is 4.03. The molecule has 172 valence electrons. The molecule has 8 heteroatoms. The Hall–Kier alpha value is -2.06. The summed E-state index contributed by atoms with van der Waals surface area (Å²) in [5.74, 6) is 0.603. The minimum absolute atomic E-state index is 0.112. The second kappa shape index (κ2) is 8.06. The molecule has 6 rings (SSSR count). The second-order valence-electron chi connectivity index (χ2n) is 10.2. The summed E-state index contributed by atoms with van der Waals surface area (Å²) in [7, 11) is 0. The summed E-state index contributed by atoms with van der Waals surface area (Å²) < 4.78 is 40.4. The molecule has 2 atom stereocenters. The molecule has 0 amide bonds. The highest BCUT2D eigenvalue weighted by molar-refractivity contribution is 5.90. The minimum atomic E-state index is -0.664. The van der Waals surface area contributed by atoms with Gasteiger partial charge in [-0.15, -0.1) is 0 Å². The topological polar surface area (TPSA) is 50.7 Å². The number of aromatic nitrogens is 2. The Balaban J connectivity index is 1.27. The summed E-state index contributed by atoms with van der Waals surface area (Å²) in [6.07, 6.45) is 5.91. The third-order valence-electron chi connectivity index (χ3n) is 7.71. The lowest BCUT2D eigenvalue weighted by molar-refractivity contribution is 0.0231. The molecule has 2 saturated heterocycles. The van der Waals surface area contributed by atoms with E-state index in [-0.39, 0.29) is 16.9 Å². The number of halogens is 2. The van der Waals surface area contributed by atoms with Gasteiger partial charge in [0.05, 0.1) is 19.8 Å². The molecule has 6 nitrogen and oxygen atoms in total. The van der Waals surface area contributed by atoms with Crippen molar-refractivity contribution < 1.29 is 18.3 Å². The van der Waals surface area contributed by atoms with Crippen LogP contribution in [0.3, 0.4) is 0 Å². The standard InChI is InChI=1S/C24H30F2N4O2/c25-18-10-19-21(20(26)11-18)27-23(28-22(19)30-12-16-1-2-17(9-16)13-30)32-15-24(3-4-24)14-29-5-7-31-8-6-29/h10-11,16-17H,1-9,12-15H2. The summed E-state index contributed by atoms with van der Waals surface area (Å²) in [5, 5.41) is 0.436. The van der Waals surface area contributed by atoms with Gasteiger partial charge in [0.15, 0.2) is 5.82 Å². The normalized spacial score (nSPS) is 27.1. The van der Waals surface area contributed by atoms with Crippen LogP contribution in [0, 0.1) is 28.9 Å². The van der Waals surface area contributed by atoms with Crippen LogP contribution < -0.4 is 9.64 Å². The molecule has 0 spiro atoms. The number of hydrogen-bond donors (Lipinski definition) is 0. The lowest BCUT2D eigenvalue weighted by atomic mass is 9.98. The first-order chi connectivity index (χ1) is 15.6. The molecule has 3 heterocycles. The summed E-state index contributed by atoms with van der Waals surface area (Å²) >= 11 is 0. The first-order valence-corrected chi connectivity index (χ1v) is 11.9. The van der Waals surface area contributed by atoms with E-state index in [1.807, 2.05) is 0 Å². The number of benzene rings is 1. The lowest BCUT2D eigenvalue weighted by Crippen LogP contribution is -2.41. The van der Waals surface area contributed by atoms with Crippen molar-refractivity contribution in [2.45, 2.75) is 32.1 Å². The van der Waals surface area contributed by atoms with Gasteiger partial charge in [0.2, 0.25) is 0 Å². The van der Waals surface area contributed by atoms with E-state index in [4.69, 9.17) is 14.5 Å². The molecule has 1 aromatic heterocycles. The Morgan fingerprint density at radius 3 is 2.53 bits per heavy atom. The van der Waals surface area contributed by atoms with Gasteiger partial charge in [-0.05, 0) is 50.0 Å². The molecule has 2 aromatic rings. The molecule has 2 aliphatic carbocycles. The van der Waals surface area contributed by atoms with Gasteiger partial charge in [-0.25, -0.2) is 8.78 Å². The second-order valence-corrected chi connectivity index (χ2v) is 10.2. The monoisotopic (exact) mass is 444 g/mol. The van der Waals surface area contributed by atoms with Crippen molar-refractivity contribution in [3.05, 3.63) is 23.8 Å². The largest absolute Gasteiger partial charge is 0.463 e. The van der Waals surface area contributed by atoms with E-state index in [0.717, 1.165) is 64.8 Å². The van der Waals surface area contributed by atoms with Gasteiger partial charge in [0.25, 0.3) is 0 Å². The first-order valence-electron chi connectivity index (χ1n) is 11.9. The molecular formula is C24H30F2N4O2. The highest BCUT2D eigenvalue weighted by Crippen LogP contribution is 2.47. The van der Waals surface area contributed by atoms with E-state index in [2.05, 4.69) is 14.8 Å². The van der Waals surface area contributed by atoms with E-state index in [1.54, 1.807) is 0 Å². The Morgan fingerprint density at radius 2 is 1.81 bits per heavy atom. The number of fused-ring (bicyclic) bond motifs is 3. The van der Waals surface area contributed by atoms with E-state index < -0.39 is 11.6 Å². The molecule has 32 heavy (non-hydrogen) atoms. The fraction of sp³-hybridized carbons (Fsp3) is 0.667. The number of nitrogens with zero attached hydrogens (tertiary/aromatic N) is 4. The predicted molar refractivity (Wildman–Crippen MR) is 117 cm³/mol. The summed E-state index contributed by atoms with van der Waals surface area (Å²) in [4.78, 5) is 13.7. The Labute approximate surface area is 186 Å². The van der Waals surface area contributed by atoms with Gasteiger partial charge in [0, 0.05) is 49.6 Å². The quantitative estimate of drug-likeness (QED) is 0.678. The number of rotatable bonds is 6. The Morgan fingerprint density at radius 1 is 1.06 bits per heavy atom. The van der Waals surface area contributed by atoms with E-state index >= 15 is 0 Å². The van der Waals surface area contributed by atoms with E-state index in [0.29, 0.717) is 29.6 Å². The van der Waals surface area contributed by atoms with Crippen LogP contribution >= 0.6 is 0 Å². The molecule has 0 radical (unpaired) electrons. The third-order valence-corrected chi connectivity index (χ3v) is 7.71. The highest BCUT2D eigenvalue weighted by atomic mass is 19.1. The molecule has 4 aliphatic rings. The number of piperidine rings is 1. The zero-order valence-electron chi connectivity index (χ0n) is 18.4. The van der Waals surface area contributed by atoms with Crippen molar-refractivity contribution in [1.82, 2.24) is 14.9 Å². The van der Waals surface area contributed by atoms with Crippen molar-refractivity contribution in [3.8, 4) is 6.01 Å². The SMILES string of the molecule is Fc1cc(F)c2nc(OCC3(CN4CCOCC4)CC3)nc(N3CC4CCC(C4)C3)c2c1. The minimum Gasteiger partial charge on any atom is -0.463 e. The van der Waals surface area contributed by atoms with Gasteiger partial charge >= 0.3 is 6.01 Å². The van der Waals surface area contributed by atoms with Crippen LogP contribution in [-0.4, -0.2) is 67.4 Å². The summed E-state index contributed by atoms with van der Waals surface area (Å²) in [6.45, 7) is 6.71. The fourth-order valence-electron chi connectivity index (χ4n) is 5.78. The van der Waals surface area contributed by atoms with Gasteiger partial charge in [0.1, 0.15) is 17.2 Å². The molecule has 0 N–H and O–H groups in total. The first kappa shape index (κ1) is 20.5. The van der Waals surface area contributed by atoms with Crippen LogP contribution in [-0.2, 0) is 4.74 Å². The van der Waals surface area contributed by atoms with Gasteiger partial charge in [-0.3, -0.25) is 4.90 Å². The Kier molecular flexibility index (Phi) is 5.17. The van der Waals surface area contributed by atoms with Crippen LogP contribution in [0.25, 0.3) is 10.9 Å². The van der Waals surface area contributed by atoms with Crippen molar-refractivity contribution in [2.75, 3.05) is 57.4 Å². The fourth-order valence-corrected chi connectivity index (χ4v) is 5.78.